The highest BCUT2D eigenvalue weighted by Gasteiger charge is 2.43. The van der Waals surface area contributed by atoms with Gasteiger partial charge in [0.25, 0.3) is 5.79 Å². The second-order valence-corrected chi connectivity index (χ2v) is 3.32. The molecule has 4 heteroatoms. The summed E-state index contributed by atoms with van der Waals surface area (Å²) in [5.41, 5.74) is -1.41. The molecule has 1 aliphatic heterocycles. The summed E-state index contributed by atoms with van der Waals surface area (Å²) < 4.78 is 5.22. The minimum absolute atomic E-state index is 0.0633. The van der Waals surface area contributed by atoms with Crippen LogP contribution in [0.25, 0.3) is 0 Å². The van der Waals surface area contributed by atoms with Gasteiger partial charge in [-0.2, -0.15) is 15.0 Å². The number of hydrogen-bond acceptors (Lipinski definition) is 4. The minimum atomic E-state index is -1.62. The fourth-order valence-electron chi connectivity index (χ4n) is 1.12. The van der Waals surface area contributed by atoms with Crippen LogP contribution in [0.15, 0.2) is 0 Å². The first-order chi connectivity index (χ1) is 7.53. The van der Waals surface area contributed by atoms with Crippen LogP contribution in [0.5, 0.6) is 0 Å². The molecule has 0 aromatic rings. The van der Waals surface area contributed by atoms with Gasteiger partial charge in [-0.25, -0.2) is 0 Å². The van der Waals surface area contributed by atoms with E-state index in [0.29, 0.717) is 0 Å². The first-order valence-electron chi connectivity index (χ1n) is 4.40. The van der Waals surface area contributed by atoms with Gasteiger partial charge in [0.15, 0.2) is 0 Å². The fraction of sp³-hybridized carbons (Fsp3) is 0.417. The number of terminal acetylenes is 3. The van der Waals surface area contributed by atoms with E-state index in [1.165, 1.54) is 6.92 Å². The van der Waals surface area contributed by atoms with Gasteiger partial charge in [0, 0.05) is 13.3 Å². The van der Waals surface area contributed by atoms with Crippen LogP contribution in [0, 0.1) is 48.4 Å². The first kappa shape index (κ1) is 12.1. The topological polar surface area (TPSA) is 51.5 Å². The standard InChI is InChI=1S/C12H9NO3/c1-5-10-8-12(6-2,7-3)16-15-11(4,9-13)14-10/h1-3,10H,8H2,4H3. The van der Waals surface area contributed by atoms with Crippen molar-refractivity contribution in [2.75, 3.05) is 0 Å². The number of nitriles is 1. The predicted octanol–water partition coefficient (Wildman–Crippen LogP) is 0.602. The van der Waals surface area contributed by atoms with E-state index in [2.05, 4.69) is 17.8 Å². The van der Waals surface area contributed by atoms with E-state index in [1.54, 1.807) is 6.07 Å². The maximum absolute atomic E-state index is 8.85. The molecule has 16 heavy (non-hydrogen) atoms. The summed E-state index contributed by atoms with van der Waals surface area (Å²) in [6.07, 6.45) is 15.1. The molecule has 0 aromatic carbocycles. The maximum atomic E-state index is 8.85. The van der Waals surface area contributed by atoms with Crippen molar-refractivity contribution >= 4 is 0 Å². The molecule has 1 rings (SSSR count). The zero-order valence-electron chi connectivity index (χ0n) is 8.69. The van der Waals surface area contributed by atoms with Gasteiger partial charge in [0.1, 0.15) is 12.2 Å². The smallest absolute Gasteiger partial charge is 0.287 e. The van der Waals surface area contributed by atoms with Crippen LogP contribution in [0.3, 0.4) is 0 Å². The van der Waals surface area contributed by atoms with E-state index < -0.39 is 17.5 Å². The third kappa shape index (κ3) is 2.17. The van der Waals surface area contributed by atoms with Gasteiger partial charge >= 0.3 is 0 Å². The zero-order chi connectivity index (χ0) is 12.2. The molecule has 0 N–H and O–H groups in total. The van der Waals surface area contributed by atoms with Gasteiger partial charge in [-0.3, -0.25) is 0 Å². The molecule has 4 nitrogen and oxygen atoms in total. The Bertz CT molecular complexity index is 429. The van der Waals surface area contributed by atoms with Crippen LogP contribution in [-0.2, 0) is 14.5 Å². The van der Waals surface area contributed by atoms with Crippen molar-refractivity contribution in [2.45, 2.75) is 30.8 Å². The first-order valence-corrected chi connectivity index (χ1v) is 4.40. The largest absolute Gasteiger partial charge is 0.320 e. The highest BCUT2D eigenvalue weighted by atomic mass is 17.2. The van der Waals surface area contributed by atoms with E-state index in [0.717, 1.165) is 0 Å². The summed E-state index contributed by atoms with van der Waals surface area (Å²) in [6, 6.07) is 1.77. The number of nitrogens with zero attached hydrogens (tertiary/aromatic N) is 1. The van der Waals surface area contributed by atoms with Crippen molar-refractivity contribution in [3.63, 3.8) is 0 Å². The van der Waals surface area contributed by atoms with Crippen LogP contribution >= 0.6 is 0 Å². The Labute approximate surface area is 94.4 Å². The van der Waals surface area contributed by atoms with Gasteiger partial charge in [0.05, 0.1) is 0 Å². The van der Waals surface area contributed by atoms with Gasteiger partial charge in [0.2, 0.25) is 5.60 Å². The Kier molecular flexibility index (Phi) is 3.24. The highest BCUT2D eigenvalue weighted by molar-refractivity contribution is 5.27. The molecule has 0 radical (unpaired) electrons. The molecule has 0 aliphatic carbocycles. The Hall–Kier alpha value is -1.95. The van der Waals surface area contributed by atoms with Gasteiger partial charge < -0.3 is 4.74 Å². The second-order valence-electron chi connectivity index (χ2n) is 3.32. The van der Waals surface area contributed by atoms with Crippen molar-refractivity contribution in [3.8, 4) is 43.1 Å². The molecule has 0 aromatic heterocycles. The Morgan fingerprint density at radius 1 is 1.25 bits per heavy atom. The molecule has 2 unspecified atom stereocenters. The van der Waals surface area contributed by atoms with Crippen LogP contribution in [0.4, 0.5) is 0 Å². The maximum Gasteiger partial charge on any atom is 0.287 e. The van der Waals surface area contributed by atoms with Gasteiger partial charge in [-0.15, -0.1) is 19.3 Å². The number of rotatable bonds is 0. The van der Waals surface area contributed by atoms with E-state index in [4.69, 9.17) is 39.0 Å². The second kappa shape index (κ2) is 4.28. The van der Waals surface area contributed by atoms with Crippen molar-refractivity contribution in [3.05, 3.63) is 0 Å². The molecule has 0 amide bonds. The molecular formula is C12H9NO3. The summed E-state index contributed by atoms with van der Waals surface area (Å²) in [6.45, 7) is 1.36. The lowest BCUT2D eigenvalue weighted by Crippen LogP contribution is -2.32. The summed E-state index contributed by atoms with van der Waals surface area (Å²) in [4.78, 5) is 9.72. The number of hydrogen-bond donors (Lipinski definition) is 0. The number of ether oxygens (including phenoxy) is 1. The third-order valence-electron chi connectivity index (χ3n) is 2.04. The van der Waals surface area contributed by atoms with Crippen LogP contribution < -0.4 is 0 Å². The molecule has 1 fully saturated rings. The Morgan fingerprint density at radius 2 is 1.88 bits per heavy atom. The van der Waals surface area contributed by atoms with Crippen molar-refractivity contribution in [1.82, 2.24) is 0 Å². The van der Waals surface area contributed by atoms with Crippen LogP contribution in [0.2, 0.25) is 0 Å². The molecule has 1 aliphatic rings. The van der Waals surface area contributed by atoms with Crippen LogP contribution in [-0.4, -0.2) is 17.5 Å². The molecule has 0 saturated carbocycles. The lowest BCUT2D eigenvalue weighted by molar-refractivity contribution is -0.410. The molecule has 0 bridgehead atoms. The highest BCUT2D eigenvalue weighted by Crippen LogP contribution is 2.29. The SMILES string of the molecule is C#CC1CC(C#C)(C#C)OOC(C)(C#N)O1. The summed E-state index contributed by atoms with van der Waals surface area (Å²) in [5.74, 6) is 5.24. The van der Waals surface area contributed by atoms with Crippen molar-refractivity contribution < 1.29 is 14.5 Å². The molecule has 0 spiro atoms. The minimum Gasteiger partial charge on any atom is -0.320 e. The predicted molar refractivity (Wildman–Crippen MR) is 54.9 cm³/mol. The summed E-state index contributed by atoms with van der Waals surface area (Å²) >= 11 is 0. The van der Waals surface area contributed by atoms with E-state index in [-0.39, 0.29) is 6.42 Å². The lowest BCUT2D eigenvalue weighted by Gasteiger charge is -2.20. The van der Waals surface area contributed by atoms with Gasteiger partial charge in [-0.05, 0) is 0 Å². The van der Waals surface area contributed by atoms with Crippen molar-refractivity contribution in [2.24, 2.45) is 0 Å². The summed E-state index contributed by atoms with van der Waals surface area (Å²) in [5, 5.41) is 8.85. The van der Waals surface area contributed by atoms with Crippen molar-refractivity contribution in [1.29, 1.82) is 5.26 Å². The van der Waals surface area contributed by atoms with E-state index in [9.17, 15) is 0 Å². The Morgan fingerprint density at radius 3 is 2.31 bits per heavy atom. The third-order valence-corrected chi connectivity index (χ3v) is 2.04. The lowest BCUT2D eigenvalue weighted by atomic mass is 9.98. The fourth-order valence-corrected chi connectivity index (χ4v) is 1.12. The molecule has 80 valence electrons. The normalized spacial score (nSPS) is 32.2. The van der Waals surface area contributed by atoms with Gasteiger partial charge in [-0.1, -0.05) is 17.8 Å². The van der Waals surface area contributed by atoms with E-state index >= 15 is 0 Å². The molecular weight excluding hydrogens is 206 g/mol. The van der Waals surface area contributed by atoms with Crippen LogP contribution in [0.1, 0.15) is 13.3 Å². The Balaban J connectivity index is 3.06. The van der Waals surface area contributed by atoms with E-state index in [1.807, 2.05) is 0 Å². The average molecular weight is 215 g/mol. The quantitative estimate of drug-likeness (QED) is 0.438. The molecule has 1 saturated heterocycles. The molecule has 2 atom stereocenters. The average Bonchev–Trinajstić information content (AvgIpc) is 2.47. The monoisotopic (exact) mass is 215 g/mol. The summed E-state index contributed by atoms with van der Waals surface area (Å²) in [7, 11) is 0. The zero-order valence-corrected chi connectivity index (χ0v) is 8.69. The molecule has 1 heterocycles.